The van der Waals surface area contributed by atoms with Crippen molar-refractivity contribution in [3.05, 3.63) is 60.2 Å². The van der Waals surface area contributed by atoms with E-state index in [4.69, 9.17) is 5.11 Å². The van der Waals surface area contributed by atoms with Gasteiger partial charge in [0.1, 0.15) is 5.82 Å². The largest absolute Gasteiger partial charge is 0.481 e. The van der Waals surface area contributed by atoms with Crippen molar-refractivity contribution in [2.45, 2.75) is 25.9 Å². The van der Waals surface area contributed by atoms with Gasteiger partial charge < -0.3 is 10.1 Å². The zero-order valence-corrected chi connectivity index (χ0v) is 13.5. The van der Waals surface area contributed by atoms with Gasteiger partial charge in [0.25, 0.3) is 0 Å². The van der Waals surface area contributed by atoms with Gasteiger partial charge in [-0.25, -0.2) is 4.98 Å². The number of nitrogens with zero attached hydrogens (tertiary/aromatic N) is 3. The Morgan fingerprint density at radius 1 is 1.25 bits per heavy atom. The second-order valence-electron chi connectivity index (χ2n) is 5.75. The molecule has 0 fully saturated rings. The van der Waals surface area contributed by atoms with Crippen LogP contribution in [0.25, 0.3) is 11.0 Å². The Bertz CT molecular complexity index is 783. The lowest BCUT2D eigenvalue weighted by atomic mass is 10.1. The summed E-state index contributed by atoms with van der Waals surface area (Å²) in [5, 5.41) is 9.03. The predicted octanol–water partition coefficient (Wildman–Crippen LogP) is 3.00. The number of H-pyrrole nitrogens is 1. The van der Waals surface area contributed by atoms with Gasteiger partial charge in [0.15, 0.2) is 0 Å². The molecular weight excluding hydrogens is 304 g/mol. The van der Waals surface area contributed by atoms with Crippen molar-refractivity contribution in [1.82, 2.24) is 19.9 Å². The van der Waals surface area contributed by atoms with Crippen LogP contribution in [-0.4, -0.2) is 37.5 Å². The molecule has 0 bridgehead atoms. The number of carbonyl (C=O) groups is 1. The van der Waals surface area contributed by atoms with Crippen LogP contribution in [0, 0.1) is 0 Å². The van der Waals surface area contributed by atoms with E-state index in [2.05, 4.69) is 19.9 Å². The molecule has 24 heavy (non-hydrogen) atoms. The molecule has 1 atom stereocenters. The average Bonchev–Trinajstić information content (AvgIpc) is 3.01. The molecular formula is C18H20N4O2. The number of rotatable bonds is 7. The van der Waals surface area contributed by atoms with E-state index in [1.54, 1.807) is 6.20 Å². The predicted molar refractivity (Wildman–Crippen MR) is 91.4 cm³/mol. The van der Waals surface area contributed by atoms with Gasteiger partial charge in [0, 0.05) is 18.8 Å². The molecule has 124 valence electrons. The Labute approximate surface area is 140 Å². The number of aromatic nitrogens is 3. The number of carboxylic acid groups (broad SMARTS) is 1. The maximum Gasteiger partial charge on any atom is 0.304 e. The van der Waals surface area contributed by atoms with Gasteiger partial charge >= 0.3 is 5.97 Å². The lowest BCUT2D eigenvalue weighted by Gasteiger charge is -2.27. The van der Waals surface area contributed by atoms with E-state index >= 15 is 0 Å². The summed E-state index contributed by atoms with van der Waals surface area (Å²) in [6.07, 6.45) is 1.83. The monoisotopic (exact) mass is 324 g/mol. The molecule has 2 heterocycles. The summed E-state index contributed by atoms with van der Waals surface area (Å²) >= 11 is 0. The van der Waals surface area contributed by atoms with Crippen molar-refractivity contribution < 1.29 is 9.90 Å². The van der Waals surface area contributed by atoms with Gasteiger partial charge in [-0.1, -0.05) is 18.2 Å². The molecule has 0 aliphatic carbocycles. The first-order chi connectivity index (χ1) is 11.6. The van der Waals surface area contributed by atoms with Crippen molar-refractivity contribution >= 4 is 17.0 Å². The SMILES string of the molecule is CC(c1ccccn1)N(CCC(=O)O)Cc1nc2ccccc2[nH]1. The molecule has 2 N–H and O–H groups in total. The van der Waals surface area contributed by atoms with Gasteiger partial charge in [-0.15, -0.1) is 0 Å². The zero-order valence-electron chi connectivity index (χ0n) is 13.5. The van der Waals surface area contributed by atoms with Crippen LogP contribution in [0.1, 0.15) is 30.9 Å². The van der Waals surface area contributed by atoms with Crippen molar-refractivity contribution in [3.8, 4) is 0 Å². The normalized spacial score (nSPS) is 12.6. The van der Waals surface area contributed by atoms with Gasteiger partial charge in [0.05, 0.1) is 29.7 Å². The van der Waals surface area contributed by atoms with Crippen LogP contribution < -0.4 is 0 Å². The number of para-hydroxylation sites is 2. The third-order valence-corrected chi connectivity index (χ3v) is 4.07. The van der Waals surface area contributed by atoms with Crippen LogP contribution in [0.4, 0.5) is 0 Å². The molecule has 1 aromatic carbocycles. The van der Waals surface area contributed by atoms with Crippen molar-refractivity contribution in [1.29, 1.82) is 0 Å². The minimum Gasteiger partial charge on any atom is -0.481 e. The number of carboxylic acids is 1. The number of aromatic amines is 1. The number of aliphatic carboxylic acids is 1. The van der Waals surface area contributed by atoms with Gasteiger partial charge in [-0.3, -0.25) is 14.7 Å². The van der Waals surface area contributed by atoms with E-state index in [1.165, 1.54) is 0 Å². The maximum absolute atomic E-state index is 11.0. The van der Waals surface area contributed by atoms with Crippen LogP contribution in [0.15, 0.2) is 48.7 Å². The second-order valence-corrected chi connectivity index (χ2v) is 5.75. The molecule has 3 rings (SSSR count). The lowest BCUT2D eigenvalue weighted by Crippen LogP contribution is -2.30. The first kappa shape index (κ1) is 16.1. The highest BCUT2D eigenvalue weighted by molar-refractivity contribution is 5.74. The van der Waals surface area contributed by atoms with Crippen molar-refractivity contribution in [2.24, 2.45) is 0 Å². The van der Waals surface area contributed by atoms with E-state index < -0.39 is 5.97 Å². The molecule has 3 aromatic rings. The van der Waals surface area contributed by atoms with Crippen LogP contribution in [-0.2, 0) is 11.3 Å². The maximum atomic E-state index is 11.0. The fraction of sp³-hybridized carbons (Fsp3) is 0.278. The first-order valence-electron chi connectivity index (χ1n) is 7.94. The molecule has 1 unspecified atom stereocenters. The van der Waals surface area contributed by atoms with Crippen LogP contribution in [0.2, 0.25) is 0 Å². The molecule has 6 heteroatoms. The van der Waals surface area contributed by atoms with E-state index in [9.17, 15) is 4.79 Å². The third-order valence-electron chi connectivity index (χ3n) is 4.07. The Hall–Kier alpha value is -2.73. The number of hydrogen-bond acceptors (Lipinski definition) is 4. The van der Waals surface area contributed by atoms with Gasteiger partial charge in [-0.05, 0) is 31.2 Å². The smallest absolute Gasteiger partial charge is 0.304 e. The van der Waals surface area contributed by atoms with Gasteiger partial charge in [0.2, 0.25) is 0 Å². The summed E-state index contributed by atoms with van der Waals surface area (Å²) in [6.45, 7) is 3.01. The van der Waals surface area contributed by atoms with Crippen LogP contribution >= 0.6 is 0 Å². The quantitative estimate of drug-likeness (QED) is 0.698. The summed E-state index contributed by atoms with van der Waals surface area (Å²) in [4.78, 5) is 25.3. The highest BCUT2D eigenvalue weighted by atomic mass is 16.4. The van der Waals surface area contributed by atoms with Crippen LogP contribution in [0.3, 0.4) is 0 Å². The summed E-state index contributed by atoms with van der Waals surface area (Å²) in [5.41, 5.74) is 2.81. The molecule has 0 spiro atoms. The highest BCUT2D eigenvalue weighted by Crippen LogP contribution is 2.21. The molecule has 2 aromatic heterocycles. The van der Waals surface area contributed by atoms with E-state index in [0.29, 0.717) is 13.1 Å². The van der Waals surface area contributed by atoms with E-state index in [-0.39, 0.29) is 12.5 Å². The topological polar surface area (TPSA) is 82.1 Å². The Kier molecular flexibility index (Phi) is 4.86. The van der Waals surface area contributed by atoms with Crippen molar-refractivity contribution in [2.75, 3.05) is 6.54 Å². The molecule has 6 nitrogen and oxygen atoms in total. The van der Waals surface area contributed by atoms with Crippen LogP contribution in [0.5, 0.6) is 0 Å². The average molecular weight is 324 g/mol. The number of benzene rings is 1. The summed E-state index contributed by atoms with van der Waals surface area (Å²) < 4.78 is 0. The number of hydrogen-bond donors (Lipinski definition) is 2. The molecule has 0 saturated carbocycles. The first-order valence-corrected chi connectivity index (χ1v) is 7.94. The fourth-order valence-electron chi connectivity index (χ4n) is 2.73. The number of pyridine rings is 1. The minimum atomic E-state index is -0.808. The molecule has 0 radical (unpaired) electrons. The fourth-order valence-corrected chi connectivity index (χ4v) is 2.73. The highest BCUT2D eigenvalue weighted by Gasteiger charge is 2.19. The molecule has 0 aliphatic heterocycles. The molecule has 0 aliphatic rings. The standard InChI is InChI=1S/C18H20N4O2/c1-13(14-6-4-5-10-19-14)22(11-9-18(23)24)12-17-20-15-7-2-3-8-16(15)21-17/h2-8,10,13H,9,11-12H2,1H3,(H,20,21)(H,23,24). The number of fused-ring (bicyclic) bond motifs is 1. The minimum absolute atomic E-state index is 0.00115. The van der Waals surface area contributed by atoms with Crippen molar-refractivity contribution in [3.63, 3.8) is 0 Å². The zero-order chi connectivity index (χ0) is 16.9. The summed E-state index contributed by atoms with van der Waals surface area (Å²) in [7, 11) is 0. The Morgan fingerprint density at radius 3 is 2.75 bits per heavy atom. The molecule has 0 saturated heterocycles. The third kappa shape index (κ3) is 3.78. The van der Waals surface area contributed by atoms with Gasteiger partial charge in [-0.2, -0.15) is 0 Å². The summed E-state index contributed by atoms with van der Waals surface area (Å²) in [6, 6.07) is 13.6. The second kappa shape index (κ2) is 7.23. The Morgan fingerprint density at radius 2 is 2.04 bits per heavy atom. The lowest BCUT2D eigenvalue weighted by molar-refractivity contribution is -0.137. The number of nitrogens with one attached hydrogen (secondary N) is 1. The van der Waals surface area contributed by atoms with E-state index in [1.807, 2.05) is 49.4 Å². The molecule has 0 amide bonds. The number of imidazole rings is 1. The summed E-state index contributed by atoms with van der Waals surface area (Å²) in [5.74, 6) is 0.0159. The van der Waals surface area contributed by atoms with E-state index in [0.717, 1.165) is 22.6 Å². The Balaban J connectivity index is 1.82.